The molecule has 0 saturated carbocycles. The van der Waals surface area contributed by atoms with Gasteiger partial charge in [-0.2, -0.15) is 0 Å². The van der Waals surface area contributed by atoms with Crippen LogP contribution in [0, 0.1) is 0 Å². The second-order valence-electron chi connectivity index (χ2n) is 9.33. The van der Waals surface area contributed by atoms with Gasteiger partial charge in [0.05, 0.1) is 5.69 Å². The van der Waals surface area contributed by atoms with Gasteiger partial charge in [0.25, 0.3) is 0 Å². The van der Waals surface area contributed by atoms with Crippen molar-refractivity contribution < 1.29 is 0 Å². The molecule has 4 aromatic carbocycles. The predicted octanol–water partition coefficient (Wildman–Crippen LogP) is 9.28. The number of hydrogen-bond acceptors (Lipinski definition) is 1. The molecule has 168 valence electrons. The van der Waals surface area contributed by atoms with Crippen LogP contribution in [0.4, 0.5) is 11.4 Å². The first kappa shape index (κ1) is 22.0. The molecule has 34 heavy (non-hydrogen) atoms. The number of fused-ring (bicyclic) bond motifs is 3. The molecule has 0 N–H and O–H groups in total. The summed E-state index contributed by atoms with van der Waals surface area (Å²) in [5, 5.41) is 0. The number of benzene rings is 4. The van der Waals surface area contributed by atoms with Gasteiger partial charge in [-0.3, -0.25) is 0 Å². The third-order valence-corrected chi connectivity index (χ3v) is 6.95. The van der Waals surface area contributed by atoms with Crippen LogP contribution >= 0.6 is 0 Å². The molecule has 0 radical (unpaired) electrons. The van der Waals surface area contributed by atoms with Gasteiger partial charge in [0.2, 0.25) is 0 Å². The van der Waals surface area contributed by atoms with E-state index in [9.17, 15) is 0 Å². The normalized spacial score (nSPS) is 14.2. The monoisotopic (exact) mass is 441 g/mol. The van der Waals surface area contributed by atoms with Crippen molar-refractivity contribution in [2.24, 2.45) is 0 Å². The maximum Gasteiger partial charge on any atom is 0.0543 e. The van der Waals surface area contributed by atoms with E-state index in [1.807, 2.05) is 0 Å². The van der Waals surface area contributed by atoms with Crippen LogP contribution in [0.1, 0.15) is 38.8 Å². The molecule has 0 bridgehead atoms. The largest absolute Gasteiger partial charge is 0.310 e. The van der Waals surface area contributed by atoms with E-state index in [4.69, 9.17) is 0 Å². The van der Waals surface area contributed by atoms with Crippen LogP contribution in [0.25, 0.3) is 22.3 Å². The highest BCUT2D eigenvalue weighted by Crippen LogP contribution is 2.53. The Hall–Kier alpha value is -3.84. The van der Waals surface area contributed by atoms with E-state index in [0.29, 0.717) is 0 Å². The zero-order valence-corrected chi connectivity index (χ0v) is 20.4. The predicted molar refractivity (Wildman–Crippen MR) is 147 cm³/mol. The minimum atomic E-state index is -0.0263. The minimum Gasteiger partial charge on any atom is -0.310 e. The van der Waals surface area contributed by atoms with Gasteiger partial charge in [-0.15, -0.1) is 0 Å². The molecule has 0 atom stereocenters. The molecule has 0 fully saturated rings. The van der Waals surface area contributed by atoms with E-state index >= 15 is 0 Å². The Morgan fingerprint density at radius 3 is 2.03 bits per heavy atom. The van der Waals surface area contributed by atoms with E-state index in [1.165, 1.54) is 39.1 Å². The minimum absolute atomic E-state index is 0.0263. The zero-order chi connectivity index (χ0) is 23.7. The van der Waals surface area contributed by atoms with Crippen molar-refractivity contribution in [3.8, 4) is 22.3 Å². The molecule has 1 aliphatic carbocycles. The molecule has 0 amide bonds. The van der Waals surface area contributed by atoms with Crippen molar-refractivity contribution in [2.75, 3.05) is 4.90 Å². The van der Waals surface area contributed by atoms with E-state index in [2.05, 4.69) is 148 Å². The average molecular weight is 442 g/mol. The Morgan fingerprint density at radius 2 is 1.32 bits per heavy atom. The first-order chi connectivity index (χ1) is 16.6. The molecule has 0 aromatic heterocycles. The quantitative estimate of drug-likeness (QED) is 0.279. The summed E-state index contributed by atoms with van der Waals surface area (Å²) in [5.41, 5.74) is 11.4. The molecule has 0 unspecified atom stereocenters. The molecule has 1 heteroatoms. The van der Waals surface area contributed by atoms with Gasteiger partial charge in [0.15, 0.2) is 0 Å². The highest BCUT2D eigenvalue weighted by atomic mass is 15.1. The van der Waals surface area contributed by atoms with Crippen molar-refractivity contribution in [1.82, 2.24) is 0 Å². The van der Waals surface area contributed by atoms with E-state index < -0.39 is 0 Å². The highest BCUT2D eigenvalue weighted by molar-refractivity contribution is 5.93. The summed E-state index contributed by atoms with van der Waals surface area (Å²) < 4.78 is 0. The molecule has 0 aliphatic heterocycles. The molecule has 1 aliphatic rings. The summed E-state index contributed by atoms with van der Waals surface area (Å²) in [6, 6.07) is 35.1. The Bertz CT molecular complexity index is 1370. The fraction of sp³-hybridized carbons (Fsp3) is 0.152. The summed E-state index contributed by atoms with van der Waals surface area (Å²) in [7, 11) is 0. The third kappa shape index (κ3) is 3.58. The molecule has 0 saturated heterocycles. The Labute approximate surface area is 203 Å². The van der Waals surface area contributed by atoms with Crippen molar-refractivity contribution in [3.05, 3.63) is 132 Å². The maximum atomic E-state index is 2.39. The van der Waals surface area contributed by atoms with Gasteiger partial charge in [0.1, 0.15) is 0 Å². The van der Waals surface area contributed by atoms with E-state index in [-0.39, 0.29) is 5.41 Å². The standard InChI is InChI=1S/C33H31N/c1-5-13-26(6-2)34(27-22-20-25(21-23-27)24-14-8-7-9-15-24)31-19-12-18-30-32(31)28-16-10-11-17-29(28)33(30,3)4/h5-23H,1-4H3/b13-5-,26-6+. The Kier molecular flexibility index (Phi) is 5.71. The smallest absolute Gasteiger partial charge is 0.0543 e. The van der Waals surface area contributed by atoms with Crippen molar-refractivity contribution in [1.29, 1.82) is 0 Å². The van der Waals surface area contributed by atoms with E-state index in [1.54, 1.807) is 0 Å². The lowest BCUT2D eigenvalue weighted by Crippen LogP contribution is -2.18. The SMILES string of the molecule is C/C=C\C(=C/C)N(c1ccc(-c2ccccc2)cc1)c1cccc2c1-c1ccccc1C2(C)C. The lowest BCUT2D eigenvalue weighted by atomic mass is 9.82. The summed E-state index contributed by atoms with van der Waals surface area (Å²) in [6.45, 7) is 8.86. The molecule has 1 nitrogen and oxygen atoms in total. The van der Waals surface area contributed by atoms with Crippen molar-refractivity contribution >= 4 is 11.4 Å². The van der Waals surface area contributed by atoms with Gasteiger partial charge >= 0.3 is 0 Å². The first-order valence-electron chi connectivity index (χ1n) is 12.0. The second kappa shape index (κ2) is 8.83. The van der Waals surface area contributed by atoms with Gasteiger partial charge in [0, 0.05) is 22.4 Å². The van der Waals surface area contributed by atoms with E-state index in [0.717, 1.165) is 11.4 Å². The zero-order valence-electron chi connectivity index (χ0n) is 20.4. The summed E-state index contributed by atoms with van der Waals surface area (Å²) >= 11 is 0. The number of rotatable bonds is 5. The number of allylic oxidation sites excluding steroid dienone is 3. The van der Waals surface area contributed by atoms with Gasteiger partial charge in [-0.25, -0.2) is 0 Å². The van der Waals surface area contributed by atoms with Crippen molar-refractivity contribution in [3.63, 3.8) is 0 Å². The van der Waals surface area contributed by atoms with Crippen LogP contribution in [-0.4, -0.2) is 0 Å². The molecule has 0 spiro atoms. The van der Waals surface area contributed by atoms with Crippen LogP contribution in [0.3, 0.4) is 0 Å². The van der Waals surface area contributed by atoms with Crippen LogP contribution in [-0.2, 0) is 5.41 Å². The number of hydrogen-bond donors (Lipinski definition) is 0. The van der Waals surface area contributed by atoms with Crippen molar-refractivity contribution in [2.45, 2.75) is 33.1 Å². The summed E-state index contributed by atoms with van der Waals surface area (Å²) in [5.74, 6) is 0. The summed E-state index contributed by atoms with van der Waals surface area (Å²) in [4.78, 5) is 2.39. The Balaban J connectivity index is 1.71. The van der Waals surface area contributed by atoms with Crippen LogP contribution in [0.5, 0.6) is 0 Å². The van der Waals surface area contributed by atoms with Crippen LogP contribution < -0.4 is 4.90 Å². The molecule has 0 heterocycles. The van der Waals surface area contributed by atoms with Gasteiger partial charge < -0.3 is 4.90 Å². The fourth-order valence-corrected chi connectivity index (χ4v) is 5.25. The maximum absolute atomic E-state index is 2.39. The summed E-state index contributed by atoms with van der Waals surface area (Å²) in [6.07, 6.45) is 6.49. The fourth-order valence-electron chi connectivity index (χ4n) is 5.25. The Morgan fingerprint density at radius 1 is 0.676 bits per heavy atom. The molecular weight excluding hydrogens is 410 g/mol. The molecule has 5 rings (SSSR count). The molecular formula is C33H31N. The number of anilines is 2. The lowest BCUT2D eigenvalue weighted by Gasteiger charge is -2.29. The first-order valence-corrected chi connectivity index (χ1v) is 12.0. The topological polar surface area (TPSA) is 3.24 Å². The number of nitrogens with zero attached hydrogens (tertiary/aromatic N) is 1. The van der Waals surface area contributed by atoms with Crippen LogP contribution in [0.2, 0.25) is 0 Å². The van der Waals surface area contributed by atoms with Gasteiger partial charge in [-0.05, 0) is 65.9 Å². The second-order valence-corrected chi connectivity index (χ2v) is 9.33. The highest BCUT2D eigenvalue weighted by Gasteiger charge is 2.37. The lowest BCUT2D eigenvalue weighted by molar-refractivity contribution is 0.660. The third-order valence-electron chi connectivity index (χ3n) is 6.95. The van der Waals surface area contributed by atoms with Crippen LogP contribution in [0.15, 0.2) is 121 Å². The molecule has 4 aromatic rings. The van der Waals surface area contributed by atoms with Gasteiger partial charge in [-0.1, -0.05) is 105 Å². The average Bonchev–Trinajstić information content (AvgIpc) is 3.12.